The molecule has 0 bridgehead atoms. The van der Waals surface area contributed by atoms with Crippen LogP contribution in [0.5, 0.6) is 0 Å². The molecule has 1 aromatic rings. The molecule has 0 saturated carbocycles. The first-order chi connectivity index (χ1) is 9.11. The van der Waals surface area contributed by atoms with Gasteiger partial charge in [0.15, 0.2) is 11.6 Å². The molecule has 1 aromatic heterocycles. The normalized spacial score (nSPS) is 10.5. The van der Waals surface area contributed by atoms with Gasteiger partial charge < -0.3 is 25.0 Å². The summed E-state index contributed by atoms with van der Waals surface area (Å²) in [4.78, 5) is 12.4. The third-order valence-corrected chi connectivity index (χ3v) is 2.70. The number of aromatic nitrogens is 2. The molecule has 0 unspecified atom stereocenters. The zero-order chi connectivity index (χ0) is 14.3. The van der Waals surface area contributed by atoms with Crippen LogP contribution in [0.1, 0.15) is 0 Å². The van der Waals surface area contributed by atoms with Gasteiger partial charge in [0.1, 0.15) is 12.0 Å². The fraction of sp³-hybridized carbons (Fsp3) is 0.667. The van der Waals surface area contributed by atoms with Crippen LogP contribution in [0.25, 0.3) is 0 Å². The first-order valence-corrected chi connectivity index (χ1v) is 6.12. The molecule has 1 rings (SSSR count). The minimum Gasteiger partial charge on any atom is -0.393 e. The molecular weight excluding hydrogens is 246 g/mol. The lowest BCUT2D eigenvalue weighted by Crippen LogP contribution is -2.32. The molecule has 0 aliphatic carbocycles. The summed E-state index contributed by atoms with van der Waals surface area (Å²) in [6, 6.07) is 0. The van der Waals surface area contributed by atoms with Crippen molar-refractivity contribution < 1.29 is 9.47 Å². The monoisotopic (exact) mass is 269 g/mol. The molecule has 0 aliphatic heterocycles. The standard InChI is InChI=1S/C12H23N5O2/c1-16(2)11-10(13)12(15-9-14-11)17(5-7-18-3)6-8-19-4/h9H,5-8,13H2,1-4H3. The summed E-state index contributed by atoms with van der Waals surface area (Å²) in [7, 11) is 7.14. The molecule has 108 valence electrons. The Morgan fingerprint density at radius 1 is 1.05 bits per heavy atom. The highest BCUT2D eigenvalue weighted by atomic mass is 16.5. The molecule has 0 aromatic carbocycles. The van der Waals surface area contributed by atoms with E-state index in [1.807, 2.05) is 23.9 Å². The second-order valence-electron chi connectivity index (χ2n) is 4.30. The third kappa shape index (κ3) is 4.22. The molecular formula is C12H23N5O2. The van der Waals surface area contributed by atoms with Crippen molar-refractivity contribution in [3.8, 4) is 0 Å². The van der Waals surface area contributed by atoms with Crippen molar-refractivity contribution in [2.75, 3.05) is 70.2 Å². The predicted molar refractivity (Wildman–Crippen MR) is 76.7 cm³/mol. The topological polar surface area (TPSA) is 76.7 Å². The Kier molecular flexibility index (Phi) is 6.31. The number of nitrogen functional groups attached to an aromatic ring is 1. The number of methoxy groups -OCH3 is 2. The second-order valence-corrected chi connectivity index (χ2v) is 4.30. The van der Waals surface area contributed by atoms with E-state index in [0.717, 1.165) is 0 Å². The van der Waals surface area contributed by atoms with E-state index in [1.165, 1.54) is 6.33 Å². The lowest BCUT2D eigenvalue weighted by atomic mass is 10.3. The molecule has 2 N–H and O–H groups in total. The maximum atomic E-state index is 6.14. The summed E-state index contributed by atoms with van der Waals surface area (Å²) in [5, 5.41) is 0. The van der Waals surface area contributed by atoms with E-state index in [9.17, 15) is 0 Å². The van der Waals surface area contributed by atoms with Crippen molar-refractivity contribution in [1.82, 2.24) is 9.97 Å². The van der Waals surface area contributed by atoms with Gasteiger partial charge in [0.25, 0.3) is 0 Å². The first kappa shape index (κ1) is 15.5. The van der Waals surface area contributed by atoms with Crippen LogP contribution in [-0.2, 0) is 9.47 Å². The first-order valence-electron chi connectivity index (χ1n) is 6.12. The predicted octanol–water partition coefficient (Wildman–Crippen LogP) is 0.224. The number of hydrogen-bond donors (Lipinski definition) is 1. The van der Waals surface area contributed by atoms with Gasteiger partial charge in [0, 0.05) is 41.4 Å². The van der Waals surface area contributed by atoms with E-state index in [4.69, 9.17) is 15.2 Å². The van der Waals surface area contributed by atoms with Gasteiger partial charge in [-0.05, 0) is 0 Å². The van der Waals surface area contributed by atoms with E-state index in [2.05, 4.69) is 9.97 Å². The highest BCUT2D eigenvalue weighted by molar-refractivity contribution is 5.75. The molecule has 1 heterocycles. The summed E-state index contributed by atoms with van der Waals surface area (Å²) in [5.41, 5.74) is 6.71. The van der Waals surface area contributed by atoms with Crippen molar-refractivity contribution in [2.24, 2.45) is 0 Å². The Hall–Kier alpha value is -1.60. The van der Waals surface area contributed by atoms with Crippen molar-refractivity contribution in [2.45, 2.75) is 0 Å². The Morgan fingerprint density at radius 2 is 1.58 bits per heavy atom. The Labute approximate surface area is 114 Å². The lowest BCUT2D eigenvalue weighted by molar-refractivity contribution is 0.190. The summed E-state index contributed by atoms with van der Waals surface area (Å²) in [6.45, 7) is 2.61. The lowest BCUT2D eigenvalue weighted by Gasteiger charge is -2.25. The smallest absolute Gasteiger partial charge is 0.157 e. The summed E-state index contributed by atoms with van der Waals surface area (Å²) in [5.74, 6) is 1.43. The Bertz CT molecular complexity index is 378. The van der Waals surface area contributed by atoms with Gasteiger partial charge in [-0.25, -0.2) is 9.97 Å². The van der Waals surface area contributed by atoms with E-state index in [-0.39, 0.29) is 0 Å². The molecule has 0 radical (unpaired) electrons. The minimum absolute atomic E-state index is 0.569. The fourth-order valence-electron chi connectivity index (χ4n) is 1.71. The molecule has 19 heavy (non-hydrogen) atoms. The van der Waals surface area contributed by atoms with Gasteiger partial charge in [0.2, 0.25) is 0 Å². The van der Waals surface area contributed by atoms with Crippen LogP contribution in [0.2, 0.25) is 0 Å². The molecule has 0 fully saturated rings. The van der Waals surface area contributed by atoms with Crippen molar-refractivity contribution in [3.63, 3.8) is 0 Å². The van der Waals surface area contributed by atoms with Gasteiger partial charge in [-0.15, -0.1) is 0 Å². The van der Waals surface area contributed by atoms with Gasteiger partial charge in [-0.2, -0.15) is 0 Å². The summed E-state index contributed by atoms with van der Waals surface area (Å²) in [6.07, 6.45) is 1.52. The van der Waals surface area contributed by atoms with Crippen molar-refractivity contribution in [3.05, 3.63) is 6.33 Å². The van der Waals surface area contributed by atoms with Gasteiger partial charge in [0.05, 0.1) is 13.2 Å². The van der Waals surface area contributed by atoms with Gasteiger partial charge in [-0.3, -0.25) is 0 Å². The van der Waals surface area contributed by atoms with Crippen LogP contribution in [0, 0.1) is 0 Å². The summed E-state index contributed by atoms with van der Waals surface area (Å²) < 4.78 is 10.2. The molecule has 0 spiro atoms. The molecule has 0 amide bonds. The average molecular weight is 269 g/mol. The van der Waals surface area contributed by atoms with Gasteiger partial charge >= 0.3 is 0 Å². The van der Waals surface area contributed by atoms with E-state index in [0.29, 0.717) is 43.6 Å². The van der Waals surface area contributed by atoms with Crippen LogP contribution < -0.4 is 15.5 Å². The zero-order valence-corrected chi connectivity index (χ0v) is 12.1. The SMILES string of the molecule is COCCN(CCOC)c1ncnc(N(C)C)c1N. The van der Waals surface area contributed by atoms with E-state index < -0.39 is 0 Å². The van der Waals surface area contributed by atoms with Crippen LogP contribution in [0.15, 0.2) is 6.33 Å². The summed E-state index contributed by atoms with van der Waals surface area (Å²) >= 11 is 0. The second kappa shape index (κ2) is 7.75. The molecule has 7 nitrogen and oxygen atoms in total. The van der Waals surface area contributed by atoms with Crippen LogP contribution in [0.4, 0.5) is 17.3 Å². The van der Waals surface area contributed by atoms with Gasteiger partial charge in [-0.1, -0.05) is 0 Å². The minimum atomic E-state index is 0.569. The van der Waals surface area contributed by atoms with Crippen LogP contribution in [0.3, 0.4) is 0 Å². The number of nitrogens with zero attached hydrogens (tertiary/aromatic N) is 4. The molecule has 0 atom stereocenters. The van der Waals surface area contributed by atoms with Crippen LogP contribution in [-0.4, -0.2) is 64.6 Å². The maximum absolute atomic E-state index is 6.14. The average Bonchev–Trinajstić information content (AvgIpc) is 2.39. The van der Waals surface area contributed by atoms with Crippen LogP contribution >= 0.6 is 0 Å². The van der Waals surface area contributed by atoms with Crippen molar-refractivity contribution in [1.29, 1.82) is 0 Å². The molecule has 7 heteroatoms. The molecule has 0 aliphatic rings. The number of ether oxygens (including phenoxy) is 2. The molecule has 0 saturated heterocycles. The largest absolute Gasteiger partial charge is 0.393 e. The van der Waals surface area contributed by atoms with Crippen molar-refractivity contribution >= 4 is 17.3 Å². The fourth-order valence-corrected chi connectivity index (χ4v) is 1.71. The number of nitrogens with two attached hydrogens (primary N) is 1. The Morgan fingerprint density at radius 3 is 2.05 bits per heavy atom. The van der Waals surface area contributed by atoms with E-state index >= 15 is 0 Å². The van der Waals surface area contributed by atoms with E-state index in [1.54, 1.807) is 14.2 Å². The Balaban J connectivity index is 2.96. The number of anilines is 3. The number of rotatable bonds is 8. The quantitative estimate of drug-likeness (QED) is 0.723. The highest BCUT2D eigenvalue weighted by Gasteiger charge is 2.15. The zero-order valence-electron chi connectivity index (χ0n) is 12.1. The number of hydrogen-bond acceptors (Lipinski definition) is 7. The maximum Gasteiger partial charge on any atom is 0.157 e. The highest BCUT2D eigenvalue weighted by Crippen LogP contribution is 2.27. The third-order valence-electron chi connectivity index (χ3n) is 2.70.